The van der Waals surface area contributed by atoms with Crippen LogP contribution in [0.4, 0.5) is 0 Å². The fraction of sp³-hybridized carbons (Fsp3) is 1.00. The Morgan fingerprint density at radius 1 is 1.50 bits per heavy atom. The molecule has 2 heteroatoms. The van der Waals surface area contributed by atoms with Gasteiger partial charge in [-0.3, -0.25) is 0 Å². The quantitative estimate of drug-likeness (QED) is 0.528. The highest BCUT2D eigenvalue weighted by Gasteiger charge is 2.15. The van der Waals surface area contributed by atoms with E-state index < -0.39 is 0 Å². The summed E-state index contributed by atoms with van der Waals surface area (Å²) in [7, 11) is 0. The van der Waals surface area contributed by atoms with E-state index in [9.17, 15) is 0 Å². The van der Waals surface area contributed by atoms with E-state index >= 15 is 0 Å². The Labute approximate surface area is 55.2 Å². The second-order valence-corrected chi connectivity index (χ2v) is 3.80. The Hall–Kier alpha value is 0.310. The maximum absolute atomic E-state index is 3.41. The van der Waals surface area contributed by atoms with Crippen molar-refractivity contribution in [3.8, 4) is 0 Å². The highest BCUT2D eigenvalue weighted by atomic mass is 32.2. The third-order valence-corrected chi connectivity index (χ3v) is 3.03. The molecule has 1 aliphatic heterocycles. The van der Waals surface area contributed by atoms with Crippen molar-refractivity contribution in [2.24, 2.45) is 0 Å². The van der Waals surface area contributed by atoms with Gasteiger partial charge in [0.15, 0.2) is 0 Å². The van der Waals surface area contributed by atoms with Gasteiger partial charge >= 0.3 is 0 Å². The molecule has 1 N–H and O–H groups in total. The van der Waals surface area contributed by atoms with Crippen LogP contribution in [0.3, 0.4) is 0 Å². The minimum atomic E-state index is 0.716. The number of thioether (sulfide) groups is 1. The molecule has 1 nitrogen and oxygen atoms in total. The van der Waals surface area contributed by atoms with Crippen LogP contribution in [-0.4, -0.2) is 23.6 Å². The van der Waals surface area contributed by atoms with Gasteiger partial charge in [-0.05, 0) is 6.92 Å². The van der Waals surface area contributed by atoms with Gasteiger partial charge in [0, 0.05) is 23.6 Å². The molecule has 48 valence electrons. The van der Waals surface area contributed by atoms with Crippen molar-refractivity contribution in [1.29, 1.82) is 0 Å². The van der Waals surface area contributed by atoms with Crippen LogP contribution in [0, 0.1) is 0 Å². The summed E-state index contributed by atoms with van der Waals surface area (Å²) in [5.74, 6) is 1.28. The molecular formula is C6H13NS. The molecule has 0 amide bonds. The van der Waals surface area contributed by atoms with Crippen molar-refractivity contribution in [2.45, 2.75) is 25.1 Å². The summed E-state index contributed by atoms with van der Waals surface area (Å²) in [5, 5.41) is 4.22. The van der Waals surface area contributed by atoms with Crippen molar-refractivity contribution < 1.29 is 0 Å². The summed E-state index contributed by atoms with van der Waals surface area (Å²) in [5.41, 5.74) is 0. The molecule has 0 aromatic carbocycles. The molecule has 8 heavy (non-hydrogen) atoms. The molecule has 0 saturated carbocycles. The second kappa shape index (κ2) is 2.74. The zero-order chi connectivity index (χ0) is 5.98. The van der Waals surface area contributed by atoms with E-state index in [2.05, 4.69) is 30.9 Å². The molecule has 0 spiro atoms. The van der Waals surface area contributed by atoms with Crippen LogP contribution in [0.25, 0.3) is 0 Å². The average molecular weight is 131 g/mol. The lowest BCUT2D eigenvalue weighted by molar-refractivity contribution is 0.550. The van der Waals surface area contributed by atoms with E-state index in [0.717, 1.165) is 5.25 Å². The Kier molecular flexibility index (Phi) is 2.20. The first-order chi connectivity index (χ1) is 3.80. The predicted molar refractivity (Wildman–Crippen MR) is 39.4 cm³/mol. The summed E-state index contributed by atoms with van der Waals surface area (Å²) in [6.45, 7) is 5.72. The molecule has 1 heterocycles. The van der Waals surface area contributed by atoms with E-state index in [1.807, 2.05) is 0 Å². The normalized spacial score (nSPS) is 39.8. The zero-order valence-corrected chi connectivity index (χ0v) is 6.29. The van der Waals surface area contributed by atoms with Gasteiger partial charge in [-0.1, -0.05) is 6.92 Å². The molecule has 0 unspecified atom stereocenters. The smallest absolute Gasteiger partial charge is 0.0170 e. The van der Waals surface area contributed by atoms with Crippen molar-refractivity contribution in [1.82, 2.24) is 5.32 Å². The molecule has 1 fully saturated rings. The van der Waals surface area contributed by atoms with Crippen LogP contribution in [0.1, 0.15) is 13.8 Å². The van der Waals surface area contributed by atoms with Crippen LogP contribution in [0.15, 0.2) is 0 Å². The highest BCUT2D eigenvalue weighted by molar-refractivity contribution is 8.00. The topological polar surface area (TPSA) is 12.0 Å². The number of rotatable bonds is 0. The van der Waals surface area contributed by atoms with Gasteiger partial charge < -0.3 is 5.32 Å². The van der Waals surface area contributed by atoms with E-state index in [4.69, 9.17) is 0 Å². The molecule has 2 atom stereocenters. The summed E-state index contributed by atoms with van der Waals surface area (Å²) in [6.07, 6.45) is 0. The Morgan fingerprint density at radius 3 is 2.62 bits per heavy atom. The van der Waals surface area contributed by atoms with Crippen LogP contribution in [0.5, 0.6) is 0 Å². The molecule has 1 saturated heterocycles. The minimum Gasteiger partial charge on any atom is -0.312 e. The SMILES string of the molecule is C[C@@H]1SCCN[C@@H]1C. The first-order valence-electron chi connectivity index (χ1n) is 3.15. The third kappa shape index (κ3) is 1.39. The van der Waals surface area contributed by atoms with E-state index in [-0.39, 0.29) is 0 Å². The Balaban J connectivity index is 2.28. The summed E-state index contributed by atoms with van der Waals surface area (Å²) in [4.78, 5) is 0. The van der Waals surface area contributed by atoms with Gasteiger partial charge in [-0.15, -0.1) is 0 Å². The molecule has 0 bridgehead atoms. The lowest BCUT2D eigenvalue weighted by Gasteiger charge is -2.25. The van der Waals surface area contributed by atoms with Gasteiger partial charge in [-0.25, -0.2) is 0 Å². The summed E-state index contributed by atoms with van der Waals surface area (Å²) in [6, 6.07) is 0.716. The first kappa shape index (κ1) is 6.43. The number of hydrogen-bond acceptors (Lipinski definition) is 2. The zero-order valence-electron chi connectivity index (χ0n) is 5.48. The monoisotopic (exact) mass is 131 g/mol. The van der Waals surface area contributed by atoms with E-state index in [0.29, 0.717) is 6.04 Å². The van der Waals surface area contributed by atoms with Crippen molar-refractivity contribution in [2.75, 3.05) is 12.3 Å². The molecular weight excluding hydrogens is 118 g/mol. The van der Waals surface area contributed by atoms with Crippen molar-refractivity contribution in [3.63, 3.8) is 0 Å². The van der Waals surface area contributed by atoms with Crippen molar-refractivity contribution in [3.05, 3.63) is 0 Å². The predicted octanol–water partition coefficient (Wildman–Crippen LogP) is 1.10. The van der Waals surface area contributed by atoms with Gasteiger partial charge in [0.1, 0.15) is 0 Å². The van der Waals surface area contributed by atoms with Crippen LogP contribution in [0.2, 0.25) is 0 Å². The first-order valence-corrected chi connectivity index (χ1v) is 4.20. The van der Waals surface area contributed by atoms with E-state index in [1.54, 1.807) is 0 Å². The molecule has 0 aromatic heterocycles. The Bertz CT molecular complexity index is 64.9. The molecule has 1 aliphatic rings. The summed E-state index contributed by atoms with van der Waals surface area (Å²) >= 11 is 2.06. The second-order valence-electron chi connectivity index (χ2n) is 2.32. The fourth-order valence-electron chi connectivity index (χ4n) is 0.842. The van der Waals surface area contributed by atoms with Crippen LogP contribution in [-0.2, 0) is 0 Å². The summed E-state index contributed by atoms with van der Waals surface area (Å²) < 4.78 is 0. The average Bonchev–Trinajstić information content (AvgIpc) is 1.77. The number of nitrogens with one attached hydrogen (secondary N) is 1. The molecule has 0 aliphatic carbocycles. The standard InChI is InChI=1S/C6H13NS/c1-5-6(2)8-4-3-7-5/h5-7H,3-4H2,1-2H3/t5-,6+/m1/s1. The largest absolute Gasteiger partial charge is 0.312 e. The minimum absolute atomic E-state index is 0.716. The van der Waals surface area contributed by atoms with Gasteiger partial charge in [0.25, 0.3) is 0 Å². The fourth-order valence-corrected chi connectivity index (χ4v) is 1.83. The molecule has 1 rings (SSSR count). The van der Waals surface area contributed by atoms with Gasteiger partial charge in [-0.2, -0.15) is 11.8 Å². The Morgan fingerprint density at radius 2 is 2.25 bits per heavy atom. The maximum Gasteiger partial charge on any atom is 0.0170 e. The number of hydrogen-bond donors (Lipinski definition) is 1. The van der Waals surface area contributed by atoms with Gasteiger partial charge in [0.2, 0.25) is 0 Å². The lowest BCUT2D eigenvalue weighted by atomic mass is 10.2. The van der Waals surface area contributed by atoms with E-state index in [1.165, 1.54) is 12.3 Å². The molecule has 0 radical (unpaired) electrons. The highest BCUT2D eigenvalue weighted by Crippen LogP contribution is 2.16. The van der Waals surface area contributed by atoms with Crippen LogP contribution < -0.4 is 5.32 Å². The van der Waals surface area contributed by atoms with Gasteiger partial charge in [0.05, 0.1) is 0 Å². The van der Waals surface area contributed by atoms with Crippen LogP contribution >= 0.6 is 11.8 Å². The lowest BCUT2D eigenvalue weighted by Crippen LogP contribution is -2.39. The van der Waals surface area contributed by atoms with Crippen molar-refractivity contribution >= 4 is 11.8 Å². The molecule has 0 aromatic rings. The third-order valence-electron chi connectivity index (χ3n) is 1.65. The maximum atomic E-state index is 3.41.